The van der Waals surface area contributed by atoms with Gasteiger partial charge in [-0.05, 0) is 5.10 Å². The first-order chi connectivity index (χ1) is 7.87. The Labute approximate surface area is 99.9 Å². The monoisotopic (exact) mass is 262 g/mol. The number of hydrogen-bond donors (Lipinski definition) is 1. The van der Waals surface area contributed by atoms with E-state index in [2.05, 4.69) is 10.2 Å². The molecule has 0 bridgehead atoms. The lowest BCUT2D eigenvalue weighted by Crippen LogP contribution is -2.35. The minimum atomic E-state index is -3.89. The number of aryl methyl sites for hydroxylation is 1. The van der Waals surface area contributed by atoms with E-state index in [0.717, 1.165) is 0 Å². The molecule has 8 nitrogen and oxygen atoms in total. The standard InChI is InChI=1S/C8H15N5O3S/c1-11(2)6-9-13-7-10-12(8-13)4-3-5-17(14,15)16/h6-8H,3-5H2,1-2H3/p+1/b9-6+. The molecular formula is C8H16N5O3S+. The van der Waals surface area contributed by atoms with Crippen molar-refractivity contribution in [1.82, 2.24) is 14.7 Å². The molecule has 1 N–H and O–H groups in total. The highest BCUT2D eigenvalue weighted by molar-refractivity contribution is 7.85. The molecule has 0 aliphatic carbocycles. The third-order valence-electron chi connectivity index (χ3n) is 1.78. The predicted molar refractivity (Wildman–Crippen MR) is 61.0 cm³/mol. The SMILES string of the molecule is CN(C)/C=N/n1cn[n+](CCCS(=O)(=O)O)c1. The lowest BCUT2D eigenvalue weighted by molar-refractivity contribution is -0.751. The number of hydrogen-bond acceptors (Lipinski definition) is 4. The van der Waals surface area contributed by atoms with Crippen molar-refractivity contribution in [1.29, 1.82) is 0 Å². The number of nitrogens with zero attached hydrogens (tertiary/aromatic N) is 5. The van der Waals surface area contributed by atoms with Gasteiger partial charge in [0.15, 0.2) is 0 Å². The number of aromatic nitrogens is 3. The van der Waals surface area contributed by atoms with E-state index in [1.807, 2.05) is 14.1 Å². The van der Waals surface area contributed by atoms with Gasteiger partial charge in [0, 0.05) is 20.5 Å². The van der Waals surface area contributed by atoms with Crippen molar-refractivity contribution >= 4 is 16.5 Å². The first-order valence-electron chi connectivity index (χ1n) is 4.96. The van der Waals surface area contributed by atoms with E-state index < -0.39 is 10.1 Å². The molecule has 0 fully saturated rings. The molecule has 0 radical (unpaired) electrons. The summed E-state index contributed by atoms with van der Waals surface area (Å²) in [5.41, 5.74) is 0. The minimum absolute atomic E-state index is 0.270. The summed E-state index contributed by atoms with van der Waals surface area (Å²) in [7, 11) is -0.198. The second-order valence-corrected chi connectivity index (χ2v) is 5.30. The molecule has 0 spiro atoms. The van der Waals surface area contributed by atoms with Crippen molar-refractivity contribution in [3.8, 4) is 0 Å². The second kappa shape index (κ2) is 5.73. The van der Waals surface area contributed by atoms with E-state index >= 15 is 0 Å². The lowest BCUT2D eigenvalue weighted by Gasteiger charge is -1.98. The van der Waals surface area contributed by atoms with Gasteiger partial charge in [0.25, 0.3) is 16.4 Å². The van der Waals surface area contributed by atoms with Gasteiger partial charge in [0.05, 0.1) is 5.75 Å². The Morgan fingerprint density at radius 1 is 1.59 bits per heavy atom. The summed E-state index contributed by atoms with van der Waals surface area (Å²) in [6.07, 6.45) is 5.06. The molecule has 1 aromatic rings. The summed E-state index contributed by atoms with van der Waals surface area (Å²) in [6, 6.07) is 0. The average Bonchev–Trinajstić information content (AvgIpc) is 2.61. The largest absolute Gasteiger partial charge is 0.366 e. The van der Waals surface area contributed by atoms with E-state index in [9.17, 15) is 8.42 Å². The van der Waals surface area contributed by atoms with Gasteiger partial charge in [-0.2, -0.15) is 8.42 Å². The van der Waals surface area contributed by atoms with Crippen LogP contribution in [0, 0.1) is 0 Å². The fourth-order valence-corrected chi connectivity index (χ4v) is 1.56. The zero-order valence-electron chi connectivity index (χ0n) is 9.76. The molecule has 0 saturated heterocycles. The molecule has 96 valence electrons. The third-order valence-corrected chi connectivity index (χ3v) is 2.58. The molecule has 1 aromatic heterocycles. The van der Waals surface area contributed by atoms with E-state index in [-0.39, 0.29) is 5.75 Å². The predicted octanol–water partition coefficient (Wildman–Crippen LogP) is -1.20. The van der Waals surface area contributed by atoms with Crippen LogP contribution in [0.1, 0.15) is 6.42 Å². The zero-order valence-corrected chi connectivity index (χ0v) is 10.6. The Balaban J connectivity index is 2.46. The molecule has 0 amide bonds. The third kappa shape index (κ3) is 5.97. The lowest BCUT2D eigenvalue weighted by atomic mass is 10.5. The quantitative estimate of drug-likeness (QED) is 0.301. The summed E-state index contributed by atoms with van der Waals surface area (Å²) in [4.78, 5) is 1.78. The highest BCUT2D eigenvalue weighted by Crippen LogP contribution is 1.88. The van der Waals surface area contributed by atoms with E-state index in [0.29, 0.717) is 13.0 Å². The van der Waals surface area contributed by atoms with Crippen molar-refractivity contribution in [2.75, 3.05) is 19.8 Å². The van der Waals surface area contributed by atoms with Crippen molar-refractivity contribution in [2.24, 2.45) is 5.10 Å². The van der Waals surface area contributed by atoms with Gasteiger partial charge in [-0.15, -0.1) is 4.68 Å². The van der Waals surface area contributed by atoms with Crippen LogP contribution in [0.15, 0.2) is 17.8 Å². The van der Waals surface area contributed by atoms with E-state index in [1.165, 1.54) is 11.0 Å². The van der Waals surface area contributed by atoms with Crippen molar-refractivity contribution < 1.29 is 17.7 Å². The van der Waals surface area contributed by atoms with Crippen molar-refractivity contribution in [3.63, 3.8) is 0 Å². The van der Waals surface area contributed by atoms with Crippen LogP contribution < -0.4 is 4.68 Å². The Morgan fingerprint density at radius 2 is 2.29 bits per heavy atom. The Kier molecular flexibility index (Phi) is 4.58. The summed E-state index contributed by atoms with van der Waals surface area (Å²) in [6.45, 7) is 0.407. The fraction of sp³-hybridized carbons (Fsp3) is 0.625. The van der Waals surface area contributed by atoms with Crippen LogP contribution in [0.5, 0.6) is 0 Å². The Bertz CT molecular complexity index is 479. The summed E-state index contributed by atoms with van der Waals surface area (Å²) in [5, 5.41) is 8.03. The molecule has 0 aliphatic rings. The maximum atomic E-state index is 10.5. The molecule has 1 rings (SSSR count). The van der Waals surface area contributed by atoms with Crippen LogP contribution in [0.3, 0.4) is 0 Å². The maximum Gasteiger partial charge on any atom is 0.291 e. The number of rotatable bonds is 6. The highest BCUT2D eigenvalue weighted by atomic mass is 32.2. The Morgan fingerprint density at radius 3 is 2.88 bits per heavy atom. The average molecular weight is 262 g/mol. The maximum absolute atomic E-state index is 10.5. The minimum Gasteiger partial charge on any atom is -0.366 e. The van der Waals surface area contributed by atoms with E-state index in [4.69, 9.17) is 4.55 Å². The smallest absolute Gasteiger partial charge is 0.291 e. The van der Waals surface area contributed by atoms with Crippen molar-refractivity contribution in [3.05, 3.63) is 12.7 Å². The van der Waals surface area contributed by atoms with E-state index in [1.54, 1.807) is 22.2 Å². The van der Waals surface area contributed by atoms with Crippen molar-refractivity contribution in [2.45, 2.75) is 13.0 Å². The highest BCUT2D eigenvalue weighted by Gasteiger charge is 2.08. The molecule has 0 atom stereocenters. The van der Waals surface area contributed by atoms with Gasteiger partial charge in [-0.25, -0.2) is 0 Å². The molecule has 17 heavy (non-hydrogen) atoms. The molecule has 0 aromatic carbocycles. The van der Waals surface area contributed by atoms with Crippen LogP contribution in [-0.4, -0.2) is 53.8 Å². The summed E-state index contributed by atoms with van der Waals surface area (Å²) in [5.74, 6) is -0.270. The summed E-state index contributed by atoms with van der Waals surface area (Å²) < 4.78 is 32.6. The molecular weight excluding hydrogens is 246 g/mol. The Hall–Kier alpha value is -1.48. The van der Waals surface area contributed by atoms with Crippen LogP contribution in [0.25, 0.3) is 0 Å². The van der Waals surface area contributed by atoms with Gasteiger partial charge in [0.2, 0.25) is 6.33 Å². The van der Waals surface area contributed by atoms with Crippen LogP contribution in [-0.2, 0) is 16.7 Å². The van der Waals surface area contributed by atoms with Gasteiger partial charge in [-0.3, -0.25) is 4.55 Å². The van der Waals surface area contributed by atoms with Gasteiger partial charge >= 0.3 is 0 Å². The molecule has 0 unspecified atom stereocenters. The molecule has 1 heterocycles. The van der Waals surface area contributed by atoms with Gasteiger partial charge < -0.3 is 4.90 Å². The normalized spacial score (nSPS) is 12.2. The van der Waals surface area contributed by atoms with Crippen LogP contribution >= 0.6 is 0 Å². The zero-order chi connectivity index (χ0) is 12.9. The first-order valence-corrected chi connectivity index (χ1v) is 6.57. The topological polar surface area (TPSA) is 91.7 Å². The second-order valence-electron chi connectivity index (χ2n) is 3.72. The molecule has 9 heteroatoms. The fourth-order valence-electron chi connectivity index (χ4n) is 1.06. The molecule has 0 aliphatic heterocycles. The van der Waals surface area contributed by atoms with Gasteiger partial charge in [-0.1, -0.05) is 9.78 Å². The first kappa shape index (κ1) is 13.6. The van der Waals surface area contributed by atoms with Gasteiger partial charge in [0.1, 0.15) is 12.9 Å². The van der Waals surface area contributed by atoms with Crippen LogP contribution in [0.4, 0.5) is 0 Å². The van der Waals surface area contributed by atoms with Crippen LogP contribution in [0.2, 0.25) is 0 Å². The summed E-state index contributed by atoms with van der Waals surface area (Å²) >= 11 is 0. The molecule has 0 saturated carbocycles.